The zero-order valence-corrected chi connectivity index (χ0v) is 13.3. The number of thiophene rings is 1. The van der Waals surface area contributed by atoms with Crippen LogP contribution in [0, 0.1) is 6.92 Å². The van der Waals surface area contributed by atoms with Gasteiger partial charge in [-0.1, -0.05) is 10.6 Å². The summed E-state index contributed by atoms with van der Waals surface area (Å²) in [6.45, 7) is 4.10. The summed E-state index contributed by atoms with van der Waals surface area (Å²) in [6.07, 6.45) is 0.507. The van der Waals surface area contributed by atoms with Crippen LogP contribution in [0.15, 0.2) is 17.5 Å². The van der Waals surface area contributed by atoms with E-state index < -0.39 is 0 Å². The van der Waals surface area contributed by atoms with Gasteiger partial charge >= 0.3 is 0 Å². The van der Waals surface area contributed by atoms with E-state index in [2.05, 4.69) is 19.8 Å². The maximum Gasteiger partial charge on any atom is 0.221 e. The quantitative estimate of drug-likeness (QED) is 0.850. The average Bonchev–Trinajstić information content (AvgIpc) is 3.07. The Morgan fingerprint density at radius 2 is 2.35 bits per heavy atom. The maximum absolute atomic E-state index is 11.8. The number of carbonyl (C=O) groups is 1. The molecule has 2 aromatic rings. The molecule has 2 heterocycles. The summed E-state index contributed by atoms with van der Waals surface area (Å²) in [4.78, 5) is 16.2. The molecule has 20 heavy (non-hydrogen) atoms. The third-order valence-corrected chi connectivity index (χ3v) is 4.60. The molecule has 0 bridgehead atoms. The Labute approximate surface area is 126 Å². The van der Waals surface area contributed by atoms with E-state index in [9.17, 15) is 4.79 Å². The molecule has 0 aliphatic heterocycles. The Balaban J connectivity index is 1.66. The predicted octanol–water partition coefficient (Wildman–Crippen LogP) is 2.05. The van der Waals surface area contributed by atoms with Crippen LogP contribution in [0.2, 0.25) is 0 Å². The van der Waals surface area contributed by atoms with Gasteiger partial charge in [0.25, 0.3) is 0 Å². The summed E-state index contributed by atoms with van der Waals surface area (Å²) >= 11 is 3.07. The molecule has 0 saturated carbocycles. The Kier molecular flexibility index (Phi) is 5.63. The van der Waals surface area contributed by atoms with Crippen molar-refractivity contribution in [2.75, 3.05) is 13.6 Å². The minimum absolute atomic E-state index is 0.0874. The third-order valence-electron chi connectivity index (χ3n) is 2.92. The molecule has 7 heteroatoms. The number of hydrogen-bond donors (Lipinski definition) is 1. The summed E-state index contributed by atoms with van der Waals surface area (Å²) < 4.78 is 3.91. The molecule has 2 aromatic heterocycles. The van der Waals surface area contributed by atoms with E-state index in [0.29, 0.717) is 13.0 Å². The third kappa shape index (κ3) is 4.66. The highest BCUT2D eigenvalue weighted by atomic mass is 32.1. The first-order chi connectivity index (χ1) is 9.65. The minimum Gasteiger partial charge on any atom is -0.351 e. The number of amides is 1. The van der Waals surface area contributed by atoms with Gasteiger partial charge in [-0.3, -0.25) is 4.79 Å². The van der Waals surface area contributed by atoms with Crippen LogP contribution in [0.25, 0.3) is 0 Å². The average molecular weight is 310 g/mol. The van der Waals surface area contributed by atoms with Crippen LogP contribution in [0.3, 0.4) is 0 Å². The van der Waals surface area contributed by atoms with Crippen LogP contribution >= 0.6 is 22.9 Å². The zero-order chi connectivity index (χ0) is 14.4. The first kappa shape index (κ1) is 15.1. The van der Waals surface area contributed by atoms with E-state index >= 15 is 0 Å². The van der Waals surface area contributed by atoms with E-state index in [1.807, 2.05) is 31.5 Å². The van der Waals surface area contributed by atoms with Gasteiger partial charge in [0.05, 0.1) is 17.1 Å². The van der Waals surface area contributed by atoms with Gasteiger partial charge in [-0.25, -0.2) is 0 Å². The number of rotatable bonds is 7. The van der Waals surface area contributed by atoms with E-state index in [-0.39, 0.29) is 5.91 Å². The van der Waals surface area contributed by atoms with Gasteiger partial charge in [-0.15, -0.1) is 16.4 Å². The van der Waals surface area contributed by atoms with Crippen molar-refractivity contribution in [1.29, 1.82) is 0 Å². The highest BCUT2D eigenvalue weighted by Gasteiger charge is 2.09. The summed E-state index contributed by atoms with van der Waals surface area (Å²) in [6, 6.07) is 4.02. The summed E-state index contributed by atoms with van der Waals surface area (Å²) in [5.41, 5.74) is 0.976. The zero-order valence-electron chi connectivity index (χ0n) is 11.6. The van der Waals surface area contributed by atoms with Crippen molar-refractivity contribution in [2.45, 2.75) is 26.4 Å². The fourth-order valence-corrected chi connectivity index (χ4v) is 3.06. The lowest BCUT2D eigenvalue weighted by Gasteiger charge is -2.15. The first-order valence-electron chi connectivity index (χ1n) is 6.40. The van der Waals surface area contributed by atoms with Crippen LogP contribution in [0.5, 0.6) is 0 Å². The highest BCUT2D eigenvalue weighted by molar-refractivity contribution is 7.09. The van der Waals surface area contributed by atoms with Gasteiger partial charge in [0, 0.05) is 24.4 Å². The first-order valence-corrected chi connectivity index (χ1v) is 8.06. The van der Waals surface area contributed by atoms with E-state index in [4.69, 9.17) is 0 Å². The molecule has 0 spiro atoms. The predicted molar refractivity (Wildman–Crippen MR) is 81.8 cm³/mol. The Morgan fingerprint density at radius 1 is 1.50 bits per heavy atom. The van der Waals surface area contributed by atoms with Gasteiger partial charge < -0.3 is 10.2 Å². The summed E-state index contributed by atoms with van der Waals surface area (Å²) in [7, 11) is 2.01. The van der Waals surface area contributed by atoms with Crippen molar-refractivity contribution in [3.8, 4) is 0 Å². The molecule has 0 aliphatic carbocycles. The fraction of sp³-hybridized carbons (Fsp3) is 0.462. The molecule has 0 radical (unpaired) electrons. The lowest BCUT2D eigenvalue weighted by Crippen LogP contribution is -2.28. The van der Waals surface area contributed by atoms with Crippen molar-refractivity contribution in [1.82, 2.24) is 19.8 Å². The topological polar surface area (TPSA) is 58.1 Å². The minimum atomic E-state index is 0.0874. The Bertz CT molecular complexity index is 538. The lowest BCUT2D eigenvalue weighted by molar-refractivity contribution is -0.121. The normalized spacial score (nSPS) is 10.9. The molecular weight excluding hydrogens is 292 g/mol. The smallest absolute Gasteiger partial charge is 0.221 e. The highest BCUT2D eigenvalue weighted by Crippen LogP contribution is 2.11. The van der Waals surface area contributed by atoms with E-state index in [1.54, 1.807) is 11.3 Å². The van der Waals surface area contributed by atoms with Gasteiger partial charge in [0.15, 0.2) is 0 Å². The molecule has 0 aliphatic rings. The number of carbonyl (C=O) groups excluding carboxylic acids is 1. The second-order valence-electron chi connectivity index (χ2n) is 4.63. The standard InChI is InChI=1S/C13H18N4OS2/c1-10-12(20-16-15-10)9-17(2)6-5-13(18)14-8-11-4-3-7-19-11/h3-4,7H,5-6,8-9H2,1-2H3,(H,14,18). The Morgan fingerprint density at radius 3 is 3.00 bits per heavy atom. The van der Waals surface area contributed by atoms with Gasteiger partial charge in [0.1, 0.15) is 0 Å². The molecule has 1 amide bonds. The van der Waals surface area contributed by atoms with Crippen LogP contribution in [-0.4, -0.2) is 34.0 Å². The largest absolute Gasteiger partial charge is 0.351 e. The lowest BCUT2D eigenvalue weighted by atomic mass is 10.3. The van der Waals surface area contributed by atoms with Crippen molar-refractivity contribution in [2.24, 2.45) is 0 Å². The monoisotopic (exact) mass is 310 g/mol. The fourth-order valence-electron chi connectivity index (χ4n) is 1.70. The molecule has 0 fully saturated rings. The van der Waals surface area contributed by atoms with Crippen molar-refractivity contribution in [3.05, 3.63) is 33.0 Å². The van der Waals surface area contributed by atoms with Crippen molar-refractivity contribution in [3.63, 3.8) is 0 Å². The van der Waals surface area contributed by atoms with Gasteiger partial charge in [-0.05, 0) is 37.0 Å². The van der Waals surface area contributed by atoms with Gasteiger partial charge in [-0.2, -0.15) is 0 Å². The second-order valence-corrected chi connectivity index (χ2v) is 6.50. The number of hydrogen-bond acceptors (Lipinski definition) is 6. The molecular formula is C13H18N4OS2. The van der Waals surface area contributed by atoms with Crippen LogP contribution in [0.4, 0.5) is 0 Å². The van der Waals surface area contributed by atoms with Crippen LogP contribution in [-0.2, 0) is 17.9 Å². The van der Waals surface area contributed by atoms with E-state index in [0.717, 1.165) is 23.7 Å². The number of aryl methyl sites for hydroxylation is 1. The summed E-state index contributed by atoms with van der Waals surface area (Å²) in [5, 5.41) is 8.93. The molecule has 0 aromatic carbocycles. The maximum atomic E-state index is 11.8. The van der Waals surface area contributed by atoms with E-state index in [1.165, 1.54) is 16.4 Å². The molecule has 1 N–H and O–H groups in total. The summed E-state index contributed by atoms with van der Waals surface area (Å²) in [5.74, 6) is 0.0874. The molecule has 0 saturated heterocycles. The van der Waals surface area contributed by atoms with Crippen molar-refractivity contribution < 1.29 is 4.79 Å². The number of aromatic nitrogens is 2. The van der Waals surface area contributed by atoms with Crippen LogP contribution < -0.4 is 5.32 Å². The second kappa shape index (κ2) is 7.47. The SMILES string of the molecule is Cc1nnsc1CN(C)CCC(=O)NCc1cccs1. The molecule has 108 valence electrons. The molecule has 2 rings (SSSR count). The molecule has 0 atom stereocenters. The number of nitrogens with zero attached hydrogens (tertiary/aromatic N) is 3. The molecule has 5 nitrogen and oxygen atoms in total. The van der Waals surface area contributed by atoms with Crippen LogP contribution in [0.1, 0.15) is 21.9 Å². The molecule has 0 unspecified atom stereocenters. The Hall–Kier alpha value is -1.31. The van der Waals surface area contributed by atoms with Gasteiger partial charge in [0.2, 0.25) is 5.91 Å². The number of nitrogens with one attached hydrogen (secondary N) is 1. The van der Waals surface area contributed by atoms with Crippen molar-refractivity contribution >= 4 is 28.8 Å².